The van der Waals surface area contributed by atoms with Crippen LogP contribution >= 0.6 is 0 Å². The van der Waals surface area contributed by atoms with E-state index in [4.69, 9.17) is 4.74 Å². The Morgan fingerprint density at radius 1 is 1.13 bits per heavy atom. The normalized spacial score (nSPS) is 18.1. The van der Waals surface area contributed by atoms with Gasteiger partial charge in [-0.3, -0.25) is 14.4 Å². The summed E-state index contributed by atoms with van der Waals surface area (Å²) in [5.74, 6) is -0.0770. The number of amides is 2. The molecule has 1 aromatic carbocycles. The first-order valence-electron chi connectivity index (χ1n) is 10.2. The second-order valence-corrected chi connectivity index (χ2v) is 9.80. The summed E-state index contributed by atoms with van der Waals surface area (Å²) in [6.07, 6.45) is 0.167. The Hall–Kier alpha value is -2.33. The van der Waals surface area contributed by atoms with Crippen molar-refractivity contribution in [3.63, 3.8) is 0 Å². The molecule has 2 fully saturated rings. The third-order valence-corrected chi connectivity index (χ3v) is 6.81. The Labute approximate surface area is 178 Å². The maximum Gasteiger partial charge on any atom is 0.410 e. The van der Waals surface area contributed by atoms with Gasteiger partial charge in [-0.1, -0.05) is 6.92 Å². The summed E-state index contributed by atoms with van der Waals surface area (Å²) in [7, 11) is -1.41. The van der Waals surface area contributed by atoms with E-state index in [1.165, 1.54) is 0 Å². The van der Waals surface area contributed by atoms with E-state index in [2.05, 4.69) is 9.62 Å². The first-order valence-corrected chi connectivity index (χ1v) is 11.9. The van der Waals surface area contributed by atoms with E-state index in [1.807, 2.05) is 7.05 Å². The lowest BCUT2D eigenvalue weighted by Crippen LogP contribution is -2.55. The summed E-state index contributed by atoms with van der Waals surface area (Å²) in [4.78, 5) is 30.5. The van der Waals surface area contributed by atoms with E-state index in [0.29, 0.717) is 49.4 Å². The minimum Gasteiger partial charge on any atom is -0.443 e. The number of likely N-dealkylation sites (tertiary alicyclic amines) is 1. The van der Waals surface area contributed by atoms with Gasteiger partial charge in [0.05, 0.1) is 11.4 Å². The number of carbonyl (C=O) groups excluding carboxylic acids is 2. The molecular formula is C20H30N4O5S. The lowest BCUT2D eigenvalue weighted by Gasteiger charge is -2.38. The number of benzene rings is 1. The minimum atomic E-state index is -3.38. The quantitative estimate of drug-likeness (QED) is 0.720. The summed E-state index contributed by atoms with van der Waals surface area (Å²) in [5.41, 5.74) is 1.67. The molecule has 0 atom stereocenters. The molecule has 0 bridgehead atoms. The van der Waals surface area contributed by atoms with Gasteiger partial charge in [0, 0.05) is 44.8 Å². The molecule has 2 aliphatic rings. The number of hydrogen-bond donors (Lipinski definition) is 1. The Morgan fingerprint density at radius 2 is 1.77 bits per heavy atom. The van der Waals surface area contributed by atoms with Crippen LogP contribution in [0.4, 0.5) is 10.5 Å². The van der Waals surface area contributed by atoms with Crippen LogP contribution in [0.25, 0.3) is 0 Å². The number of nitrogens with one attached hydrogen (secondary N) is 1. The molecule has 10 heteroatoms. The number of ether oxygens (including phenoxy) is 1. The molecule has 2 aliphatic heterocycles. The topological polar surface area (TPSA) is 99.3 Å². The molecule has 166 valence electrons. The molecule has 30 heavy (non-hydrogen) atoms. The molecule has 0 saturated carbocycles. The zero-order valence-electron chi connectivity index (χ0n) is 17.8. The van der Waals surface area contributed by atoms with Crippen molar-refractivity contribution in [1.29, 1.82) is 0 Å². The highest BCUT2D eigenvalue weighted by molar-refractivity contribution is 7.92. The second kappa shape index (κ2) is 9.22. The second-order valence-electron chi connectivity index (χ2n) is 7.96. The number of sulfonamides is 1. The lowest BCUT2D eigenvalue weighted by molar-refractivity contribution is -0.0195. The summed E-state index contributed by atoms with van der Waals surface area (Å²) >= 11 is 0. The molecule has 2 saturated heterocycles. The van der Waals surface area contributed by atoms with Gasteiger partial charge in [-0.25, -0.2) is 13.2 Å². The van der Waals surface area contributed by atoms with E-state index >= 15 is 0 Å². The molecule has 3 rings (SSSR count). The smallest absolute Gasteiger partial charge is 0.410 e. The summed E-state index contributed by atoms with van der Waals surface area (Å²) in [6, 6.07) is 4.95. The van der Waals surface area contributed by atoms with Gasteiger partial charge >= 0.3 is 6.09 Å². The van der Waals surface area contributed by atoms with Crippen molar-refractivity contribution >= 4 is 27.7 Å². The largest absolute Gasteiger partial charge is 0.443 e. The van der Waals surface area contributed by atoms with Gasteiger partial charge in [-0.05, 0) is 44.2 Å². The molecule has 9 nitrogen and oxygen atoms in total. The van der Waals surface area contributed by atoms with Gasteiger partial charge in [0.15, 0.2) is 0 Å². The third kappa shape index (κ3) is 5.42. The zero-order valence-corrected chi connectivity index (χ0v) is 18.6. The molecule has 1 N–H and O–H groups in total. The van der Waals surface area contributed by atoms with Gasteiger partial charge < -0.3 is 14.5 Å². The maximum atomic E-state index is 12.8. The first kappa shape index (κ1) is 22.4. The van der Waals surface area contributed by atoms with E-state index in [1.54, 1.807) is 41.8 Å². The van der Waals surface area contributed by atoms with Crippen LogP contribution in [0.1, 0.15) is 29.3 Å². The molecule has 1 aromatic rings. The molecular weight excluding hydrogens is 408 g/mol. The van der Waals surface area contributed by atoms with Crippen molar-refractivity contribution < 1.29 is 22.7 Å². The van der Waals surface area contributed by atoms with Crippen LogP contribution in [0.5, 0.6) is 0 Å². The Kier molecular flexibility index (Phi) is 6.87. The van der Waals surface area contributed by atoms with Gasteiger partial charge in [0.1, 0.15) is 6.10 Å². The predicted octanol–water partition coefficient (Wildman–Crippen LogP) is 1.36. The molecule has 0 aliphatic carbocycles. The van der Waals surface area contributed by atoms with Gasteiger partial charge in [-0.2, -0.15) is 0 Å². The van der Waals surface area contributed by atoms with Gasteiger partial charge in [-0.15, -0.1) is 0 Å². The molecule has 0 spiro atoms. The first-order chi connectivity index (χ1) is 14.2. The number of anilines is 1. The van der Waals surface area contributed by atoms with E-state index in [9.17, 15) is 18.0 Å². The zero-order chi connectivity index (χ0) is 21.9. The van der Waals surface area contributed by atoms with E-state index < -0.39 is 10.0 Å². The Balaban J connectivity index is 1.54. The molecule has 2 heterocycles. The van der Waals surface area contributed by atoms with Gasteiger partial charge in [0.2, 0.25) is 10.0 Å². The number of nitrogens with zero attached hydrogens (tertiary/aromatic N) is 3. The summed E-state index contributed by atoms with van der Waals surface area (Å²) < 4.78 is 32.0. The van der Waals surface area contributed by atoms with Crippen molar-refractivity contribution in [2.45, 2.75) is 26.4 Å². The molecule has 0 aromatic heterocycles. The average molecular weight is 439 g/mol. The number of hydrogen-bond acceptors (Lipinski definition) is 6. The van der Waals surface area contributed by atoms with Crippen LogP contribution in [0.3, 0.4) is 0 Å². The maximum absolute atomic E-state index is 12.8. The fraction of sp³-hybridized carbons (Fsp3) is 0.600. The Morgan fingerprint density at radius 3 is 2.33 bits per heavy atom. The highest BCUT2D eigenvalue weighted by Crippen LogP contribution is 2.20. The SMILES string of the molecule is CCCS(=O)(=O)Nc1ccc(C(=O)N2CCN(C(=O)OC3CN(C)C3)CC2)cc1C. The van der Waals surface area contributed by atoms with Gasteiger partial charge in [0.25, 0.3) is 5.91 Å². The number of likely N-dealkylation sites (N-methyl/N-ethyl adjacent to an activating group) is 1. The Bertz CT molecular complexity index is 890. The lowest BCUT2D eigenvalue weighted by atomic mass is 10.1. The third-order valence-electron chi connectivity index (χ3n) is 5.33. The highest BCUT2D eigenvalue weighted by Gasteiger charge is 2.31. The van der Waals surface area contributed by atoms with Crippen LogP contribution < -0.4 is 4.72 Å². The van der Waals surface area contributed by atoms with Crippen LogP contribution in [0.2, 0.25) is 0 Å². The highest BCUT2D eigenvalue weighted by atomic mass is 32.2. The van der Waals surface area contributed by atoms with Crippen LogP contribution in [-0.4, -0.2) is 93.3 Å². The number of piperazine rings is 1. The molecule has 0 unspecified atom stereocenters. The fourth-order valence-electron chi connectivity index (χ4n) is 3.61. The van der Waals surface area contributed by atoms with Crippen molar-refractivity contribution in [2.24, 2.45) is 0 Å². The number of aryl methyl sites for hydroxylation is 1. The van der Waals surface area contributed by atoms with E-state index in [-0.39, 0.29) is 23.9 Å². The predicted molar refractivity (Wildman–Crippen MR) is 114 cm³/mol. The standard InChI is InChI=1S/C20H30N4O5S/c1-4-11-30(27,28)21-18-6-5-16(12-15(18)2)19(25)23-7-9-24(10-8-23)20(26)29-17-13-22(3)14-17/h5-6,12,17,21H,4,7-11,13-14H2,1-3H3. The van der Waals surface area contributed by atoms with Crippen molar-refractivity contribution in [3.05, 3.63) is 29.3 Å². The number of rotatable bonds is 6. The molecule has 2 amide bonds. The summed E-state index contributed by atoms with van der Waals surface area (Å²) in [5, 5.41) is 0. The van der Waals surface area contributed by atoms with Crippen molar-refractivity contribution in [3.8, 4) is 0 Å². The van der Waals surface area contributed by atoms with Crippen molar-refractivity contribution in [2.75, 3.05) is 56.8 Å². The summed E-state index contributed by atoms with van der Waals surface area (Å²) in [6.45, 7) is 6.82. The monoisotopic (exact) mass is 438 g/mol. The van der Waals surface area contributed by atoms with Crippen LogP contribution in [-0.2, 0) is 14.8 Å². The van der Waals surface area contributed by atoms with E-state index in [0.717, 1.165) is 13.1 Å². The minimum absolute atomic E-state index is 0.0431. The van der Waals surface area contributed by atoms with Crippen LogP contribution in [0.15, 0.2) is 18.2 Å². The molecule has 0 radical (unpaired) electrons. The number of carbonyl (C=O) groups is 2. The average Bonchev–Trinajstić information content (AvgIpc) is 2.67. The van der Waals surface area contributed by atoms with Crippen molar-refractivity contribution in [1.82, 2.24) is 14.7 Å². The van der Waals surface area contributed by atoms with Crippen LogP contribution in [0, 0.1) is 6.92 Å². The fourth-order valence-corrected chi connectivity index (χ4v) is 4.81.